The highest BCUT2D eigenvalue weighted by atomic mass is 16.5. The van der Waals surface area contributed by atoms with Crippen molar-refractivity contribution in [3.8, 4) is 17.2 Å². The highest BCUT2D eigenvalue weighted by molar-refractivity contribution is 6.46. The number of hydrogen-bond acceptors (Lipinski definition) is 7. The lowest BCUT2D eigenvalue weighted by Crippen LogP contribution is -2.32. The highest BCUT2D eigenvalue weighted by Crippen LogP contribution is 2.43. The minimum absolute atomic E-state index is 0.0507. The number of hydrogen-bond donors (Lipinski definition) is 1. The van der Waals surface area contributed by atoms with Crippen molar-refractivity contribution in [2.75, 3.05) is 40.4 Å². The van der Waals surface area contributed by atoms with Crippen LogP contribution in [-0.4, -0.2) is 73.1 Å². The molecule has 2 aliphatic heterocycles. The fraction of sp³-hybridized carbons (Fsp3) is 0.484. The Balaban J connectivity index is 1.78. The smallest absolute Gasteiger partial charge is 0.295 e. The summed E-state index contributed by atoms with van der Waals surface area (Å²) in [6.07, 6.45) is 3.38. The van der Waals surface area contributed by atoms with E-state index in [1.165, 1.54) is 0 Å². The quantitative estimate of drug-likeness (QED) is 0.178. The largest absolute Gasteiger partial charge is 0.507 e. The van der Waals surface area contributed by atoms with Gasteiger partial charge in [0.1, 0.15) is 17.6 Å². The molecule has 1 saturated heterocycles. The molecule has 1 N–H and O–H groups in total. The third-order valence-corrected chi connectivity index (χ3v) is 7.05. The molecule has 0 bridgehead atoms. The van der Waals surface area contributed by atoms with Gasteiger partial charge in [0.2, 0.25) is 0 Å². The number of nitrogens with zero attached hydrogens (tertiary/aromatic N) is 2. The zero-order chi connectivity index (χ0) is 28.1. The summed E-state index contributed by atoms with van der Waals surface area (Å²) in [6.45, 7) is 8.12. The summed E-state index contributed by atoms with van der Waals surface area (Å²) >= 11 is 0. The first-order valence-corrected chi connectivity index (χ1v) is 13.9. The molecule has 2 aromatic carbocycles. The minimum Gasteiger partial charge on any atom is -0.507 e. The van der Waals surface area contributed by atoms with Gasteiger partial charge in [-0.25, -0.2) is 0 Å². The number of ketones is 1. The normalized spacial score (nSPS) is 19.9. The van der Waals surface area contributed by atoms with Crippen molar-refractivity contribution < 1.29 is 28.9 Å². The monoisotopic (exact) mass is 536 g/mol. The molecule has 39 heavy (non-hydrogen) atoms. The molecule has 8 heteroatoms. The summed E-state index contributed by atoms with van der Waals surface area (Å²) in [5, 5.41) is 11.5. The summed E-state index contributed by atoms with van der Waals surface area (Å²) in [4.78, 5) is 30.4. The van der Waals surface area contributed by atoms with E-state index in [4.69, 9.17) is 14.2 Å². The van der Waals surface area contributed by atoms with Gasteiger partial charge in [-0.1, -0.05) is 19.4 Å². The fourth-order valence-corrected chi connectivity index (χ4v) is 5.15. The van der Waals surface area contributed by atoms with Crippen LogP contribution in [-0.2, 0) is 16.0 Å². The number of Topliss-reactive ketones (excluding diaryl/α,β-unsaturated/α-hetero) is 1. The number of unbranched alkanes of at least 4 members (excludes halogenated alkanes) is 1. The van der Waals surface area contributed by atoms with Gasteiger partial charge in [-0.05, 0) is 88.8 Å². The van der Waals surface area contributed by atoms with Crippen molar-refractivity contribution in [1.29, 1.82) is 0 Å². The molecule has 2 heterocycles. The zero-order valence-electron chi connectivity index (χ0n) is 23.7. The standard InChI is InChI=1S/C31H40N2O6/c1-6-8-16-38-25-13-10-21(19-26(25)37-7-2)28-27(30(35)31(36)33(28)15-9-14-32(4)5)29(34)22-11-12-24-23(18-22)17-20(3)39-24/h10-13,18-20,28,34H,6-9,14-17H2,1-5H3/b29-27+/t20-,28+/m0/s1. The van der Waals surface area contributed by atoms with E-state index in [2.05, 4.69) is 6.92 Å². The van der Waals surface area contributed by atoms with E-state index >= 15 is 0 Å². The van der Waals surface area contributed by atoms with Gasteiger partial charge < -0.3 is 29.1 Å². The van der Waals surface area contributed by atoms with Crippen molar-refractivity contribution in [3.63, 3.8) is 0 Å². The van der Waals surface area contributed by atoms with Crippen LogP contribution in [0.3, 0.4) is 0 Å². The Kier molecular flexibility index (Phi) is 9.17. The van der Waals surface area contributed by atoms with Crippen LogP contribution >= 0.6 is 0 Å². The first kappa shape index (κ1) is 28.5. The van der Waals surface area contributed by atoms with Gasteiger partial charge in [0.05, 0.1) is 24.8 Å². The number of fused-ring (bicyclic) bond motifs is 1. The van der Waals surface area contributed by atoms with E-state index in [1.807, 2.05) is 63.2 Å². The van der Waals surface area contributed by atoms with Gasteiger partial charge >= 0.3 is 0 Å². The first-order valence-electron chi connectivity index (χ1n) is 13.9. The van der Waals surface area contributed by atoms with Crippen LogP contribution in [0.15, 0.2) is 42.0 Å². The van der Waals surface area contributed by atoms with E-state index in [9.17, 15) is 14.7 Å². The topological polar surface area (TPSA) is 88.5 Å². The van der Waals surface area contributed by atoms with Gasteiger partial charge in [-0.2, -0.15) is 0 Å². The van der Waals surface area contributed by atoms with Gasteiger partial charge in [0.15, 0.2) is 11.5 Å². The SMILES string of the molecule is CCCCOc1ccc([C@@H]2/C(=C(\O)c3ccc4c(c3)C[C@H](C)O4)C(=O)C(=O)N2CCCN(C)C)cc1OCC. The van der Waals surface area contributed by atoms with Crippen LogP contribution in [0.2, 0.25) is 0 Å². The average molecular weight is 537 g/mol. The molecule has 0 unspecified atom stereocenters. The molecule has 0 saturated carbocycles. The van der Waals surface area contributed by atoms with Crippen LogP contribution < -0.4 is 14.2 Å². The lowest BCUT2D eigenvalue weighted by molar-refractivity contribution is -0.139. The van der Waals surface area contributed by atoms with Crippen LogP contribution in [0, 0.1) is 0 Å². The molecule has 2 atom stereocenters. The van der Waals surface area contributed by atoms with Crippen molar-refractivity contribution in [2.45, 2.75) is 58.6 Å². The molecule has 210 valence electrons. The molecule has 0 radical (unpaired) electrons. The van der Waals surface area contributed by atoms with Crippen LogP contribution in [0.5, 0.6) is 17.2 Å². The molecule has 1 fully saturated rings. The van der Waals surface area contributed by atoms with Crippen molar-refractivity contribution >= 4 is 17.4 Å². The van der Waals surface area contributed by atoms with Crippen LogP contribution in [0.4, 0.5) is 0 Å². The molecule has 8 nitrogen and oxygen atoms in total. The van der Waals surface area contributed by atoms with Gasteiger partial charge in [-0.3, -0.25) is 9.59 Å². The number of aliphatic hydroxyl groups is 1. The number of benzene rings is 2. The average Bonchev–Trinajstić information content (AvgIpc) is 3.40. The van der Waals surface area contributed by atoms with Crippen LogP contribution in [0.1, 0.15) is 62.8 Å². The Bertz CT molecular complexity index is 1240. The predicted molar refractivity (Wildman–Crippen MR) is 150 cm³/mol. The second kappa shape index (κ2) is 12.6. The molecule has 0 aromatic heterocycles. The number of ether oxygens (including phenoxy) is 3. The Morgan fingerprint density at radius 2 is 1.87 bits per heavy atom. The second-order valence-electron chi connectivity index (χ2n) is 10.4. The maximum Gasteiger partial charge on any atom is 0.295 e. The molecule has 0 aliphatic carbocycles. The Morgan fingerprint density at radius 3 is 2.59 bits per heavy atom. The maximum atomic E-state index is 13.4. The Labute approximate surface area is 231 Å². The number of aliphatic hydroxyl groups excluding tert-OH is 1. The molecule has 2 aliphatic rings. The summed E-state index contributed by atoms with van der Waals surface area (Å²) in [7, 11) is 3.94. The molecule has 4 rings (SSSR count). The summed E-state index contributed by atoms with van der Waals surface area (Å²) in [5.41, 5.74) is 2.23. The zero-order valence-corrected chi connectivity index (χ0v) is 23.7. The van der Waals surface area contributed by atoms with E-state index in [0.29, 0.717) is 48.8 Å². The lowest BCUT2D eigenvalue weighted by Gasteiger charge is -2.26. The Morgan fingerprint density at radius 1 is 1.08 bits per heavy atom. The van der Waals surface area contributed by atoms with Gasteiger partial charge in [-0.15, -0.1) is 0 Å². The third kappa shape index (κ3) is 6.22. The number of amides is 1. The van der Waals surface area contributed by atoms with Crippen LogP contribution in [0.25, 0.3) is 5.76 Å². The van der Waals surface area contributed by atoms with Crippen molar-refractivity contribution in [2.24, 2.45) is 0 Å². The van der Waals surface area contributed by atoms with Crippen molar-refractivity contribution in [3.05, 3.63) is 58.7 Å². The van der Waals surface area contributed by atoms with Gasteiger partial charge in [0, 0.05) is 18.5 Å². The number of carbonyl (C=O) groups excluding carboxylic acids is 2. The van der Waals surface area contributed by atoms with E-state index in [-0.39, 0.29) is 17.4 Å². The molecular weight excluding hydrogens is 496 g/mol. The Hall–Kier alpha value is -3.52. The molecule has 1 amide bonds. The number of rotatable bonds is 12. The van der Waals surface area contributed by atoms with E-state index in [0.717, 1.165) is 37.1 Å². The molecular formula is C31H40N2O6. The fourth-order valence-electron chi connectivity index (χ4n) is 5.15. The molecule has 2 aromatic rings. The van der Waals surface area contributed by atoms with E-state index in [1.54, 1.807) is 11.0 Å². The summed E-state index contributed by atoms with van der Waals surface area (Å²) in [6, 6.07) is 10.1. The van der Waals surface area contributed by atoms with E-state index < -0.39 is 17.7 Å². The van der Waals surface area contributed by atoms with Gasteiger partial charge in [0.25, 0.3) is 11.7 Å². The third-order valence-electron chi connectivity index (χ3n) is 7.05. The van der Waals surface area contributed by atoms with Crippen molar-refractivity contribution in [1.82, 2.24) is 9.80 Å². The number of likely N-dealkylation sites (tertiary alicyclic amines) is 1. The summed E-state index contributed by atoms with van der Waals surface area (Å²) < 4.78 is 17.7. The molecule has 0 spiro atoms. The highest BCUT2D eigenvalue weighted by Gasteiger charge is 2.46. The maximum absolute atomic E-state index is 13.4. The lowest BCUT2D eigenvalue weighted by atomic mass is 9.94. The first-order chi connectivity index (χ1) is 18.7. The minimum atomic E-state index is -0.750. The predicted octanol–water partition coefficient (Wildman–Crippen LogP) is 4.96. The number of carbonyl (C=O) groups is 2. The second-order valence-corrected chi connectivity index (χ2v) is 10.4. The summed E-state index contributed by atoms with van der Waals surface area (Å²) in [5.74, 6) is 0.463.